The molecule has 6 nitrogen and oxygen atoms in total. The highest BCUT2D eigenvalue weighted by Gasteiger charge is 1.96. The minimum absolute atomic E-state index is 0.231. The van der Waals surface area contributed by atoms with E-state index in [0.29, 0.717) is 24.8 Å². The minimum atomic E-state index is -0.553. The zero-order valence-corrected chi connectivity index (χ0v) is 11.1. The topological polar surface area (TPSA) is 80.1 Å². The molecule has 0 unspecified atom stereocenters. The van der Waals surface area contributed by atoms with Gasteiger partial charge >= 0.3 is 0 Å². The van der Waals surface area contributed by atoms with E-state index in [0.717, 1.165) is 11.8 Å². The summed E-state index contributed by atoms with van der Waals surface area (Å²) in [6.07, 6.45) is 2.51. The summed E-state index contributed by atoms with van der Waals surface area (Å²) in [5, 5.41) is 16.8. The Balaban J connectivity index is 2.16. The SMILES string of the molecule is O=[N+]([O-])C=C(S)NCCNCc1ccc(Cl)nc1. The Kier molecular flexibility index (Phi) is 6.48. The smallest absolute Gasteiger partial charge is 0.263 e. The zero-order chi connectivity index (χ0) is 13.4. The quantitative estimate of drug-likeness (QED) is 0.232. The first-order valence-corrected chi connectivity index (χ1v) is 6.00. The van der Waals surface area contributed by atoms with Crippen molar-refractivity contribution in [2.24, 2.45) is 0 Å². The molecule has 1 aromatic heterocycles. The van der Waals surface area contributed by atoms with Gasteiger partial charge in [-0.05, 0) is 11.6 Å². The molecule has 0 atom stereocenters. The number of hydrogen-bond donors (Lipinski definition) is 3. The maximum absolute atomic E-state index is 10.1. The third-order valence-corrected chi connectivity index (χ3v) is 2.45. The molecule has 0 fully saturated rings. The molecular formula is C10H13ClN4O2S. The van der Waals surface area contributed by atoms with Crippen LogP contribution >= 0.6 is 24.2 Å². The number of nitrogens with one attached hydrogen (secondary N) is 2. The summed E-state index contributed by atoms with van der Waals surface area (Å²) < 4.78 is 0. The average molecular weight is 289 g/mol. The molecule has 0 saturated carbocycles. The van der Waals surface area contributed by atoms with Gasteiger partial charge in [-0.15, -0.1) is 12.6 Å². The molecule has 0 saturated heterocycles. The lowest BCUT2D eigenvalue weighted by Gasteiger charge is -2.06. The van der Waals surface area contributed by atoms with E-state index in [2.05, 4.69) is 28.2 Å². The summed E-state index contributed by atoms with van der Waals surface area (Å²) in [5.74, 6) is 0. The number of thiol groups is 1. The van der Waals surface area contributed by atoms with Crippen LogP contribution in [-0.2, 0) is 6.54 Å². The number of pyridine rings is 1. The third kappa shape index (κ3) is 6.43. The lowest BCUT2D eigenvalue weighted by Crippen LogP contribution is -2.25. The maximum atomic E-state index is 10.1. The second kappa shape index (κ2) is 7.91. The van der Waals surface area contributed by atoms with Crippen molar-refractivity contribution in [2.45, 2.75) is 6.54 Å². The second-order valence-electron chi connectivity index (χ2n) is 3.39. The molecule has 8 heteroatoms. The summed E-state index contributed by atoms with van der Waals surface area (Å²) in [4.78, 5) is 13.5. The van der Waals surface area contributed by atoms with Crippen molar-refractivity contribution in [3.63, 3.8) is 0 Å². The molecule has 0 aliphatic heterocycles. The van der Waals surface area contributed by atoms with Gasteiger partial charge in [0.25, 0.3) is 6.20 Å². The van der Waals surface area contributed by atoms with Crippen LogP contribution in [-0.4, -0.2) is 23.0 Å². The van der Waals surface area contributed by atoms with Gasteiger partial charge in [-0.25, -0.2) is 4.98 Å². The van der Waals surface area contributed by atoms with Crippen molar-refractivity contribution in [3.8, 4) is 0 Å². The number of aromatic nitrogens is 1. The van der Waals surface area contributed by atoms with Gasteiger partial charge in [0.1, 0.15) is 10.2 Å². The molecule has 18 heavy (non-hydrogen) atoms. The Labute approximate surface area is 115 Å². The van der Waals surface area contributed by atoms with Gasteiger partial charge in [-0.3, -0.25) is 10.1 Å². The Morgan fingerprint density at radius 2 is 2.33 bits per heavy atom. The van der Waals surface area contributed by atoms with Crippen molar-refractivity contribution in [1.29, 1.82) is 0 Å². The van der Waals surface area contributed by atoms with Crippen molar-refractivity contribution in [1.82, 2.24) is 15.6 Å². The van der Waals surface area contributed by atoms with E-state index in [-0.39, 0.29) is 5.03 Å². The molecule has 0 aromatic carbocycles. The molecule has 0 aliphatic carbocycles. The van der Waals surface area contributed by atoms with E-state index < -0.39 is 4.92 Å². The number of hydrogen-bond acceptors (Lipinski definition) is 6. The molecular weight excluding hydrogens is 276 g/mol. The third-order valence-electron chi connectivity index (χ3n) is 1.95. The van der Waals surface area contributed by atoms with Crippen molar-refractivity contribution in [2.75, 3.05) is 13.1 Å². The lowest BCUT2D eigenvalue weighted by molar-refractivity contribution is -0.403. The maximum Gasteiger partial charge on any atom is 0.263 e. The Morgan fingerprint density at radius 3 is 2.94 bits per heavy atom. The van der Waals surface area contributed by atoms with Crippen LogP contribution in [0, 0.1) is 10.1 Å². The molecule has 1 aromatic rings. The van der Waals surface area contributed by atoms with Crippen LogP contribution in [0.15, 0.2) is 29.6 Å². The van der Waals surface area contributed by atoms with Gasteiger partial charge < -0.3 is 10.6 Å². The Bertz CT molecular complexity index is 424. The van der Waals surface area contributed by atoms with Crippen molar-refractivity contribution < 1.29 is 4.92 Å². The van der Waals surface area contributed by atoms with Crippen LogP contribution < -0.4 is 10.6 Å². The van der Waals surface area contributed by atoms with Crippen LogP contribution in [0.1, 0.15) is 5.56 Å². The van der Waals surface area contributed by atoms with E-state index >= 15 is 0 Å². The number of nitro groups is 1. The molecule has 0 radical (unpaired) electrons. The number of rotatable bonds is 7. The Hall–Kier alpha value is -1.31. The largest absolute Gasteiger partial charge is 0.374 e. The van der Waals surface area contributed by atoms with Crippen molar-refractivity contribution in [3.05, 3.63) is 50.4 Å². The van der Waals surface area contributed by atoms with E-state index in [4.69, 9.17) is 11.6 Å². The van der Waals surface area contributed by atoms with E-state index in [1.807, 2.05) is 6.07 Å². The number of nitrogens with zero attached hydrogens (tertiary/aromatic N) is 2. The van der Waals surface area contributed by atoms with E-state index in [1.54, 1.807) is 12.3 Å². The summed E-state index contributed by atoms with van der Waals surface area (Å²) in [6.45, 7) is 1.86. The summed E-state index contributed by atoms with van der Waals surface area (Å²) in [5.41, 5.74) is 1.02. The van der Waals surface area contributed by atoms with E-state index in [1.165, 1.54) is 0 Å². The van der Waals surface area contributed by atoms with Crippen LogP contribution in [0.3, 0.4) is 0 Å². The summed E-state index contributed by atoms with van der Waals surface area (Å²) >= 11 is 9.57. The van der Waals surface area contributed by atoms with Crippen LogP contribution in [0.25, 0.3) is 0 Å². The zero-order valence-electron chi connectivity index (χ0n) is 9.47. The highest BCUT2D eigenvalue weighted by atomic mass is 35.5. The van der Waals surface area contributed by atoms with Crippen LogP contribution in [0.5, 0.6) is 0 Å². The monoisotopic (exact) mass is 288 g/mol. The first-order valence-electron chi connectivity index (χ1n) is 5.17. The highest BCUT2D eigenvalue weighted by molar-refractivity contribution is 7.84. The standard InChI is InChI=1S/C10H13ClN4O2S/c11-9-2-1-8(6-14-9)5-12-3-4-13-10(18)7-15(16)17/h1-2,6-7,12-13,18H,3-5H2. The van der Waals surface area contributed by atoms with Crippen LogP contribution in [0.4, 0.5) is 0 Å². The fraction of sp³-hybridized carbons (Fsp3) is 0.300. The first-order chi connectivity index (χ1) is 8.58. The number of halogens is 1. The molecule has 1 heterocycles. The van der Waals surface area contributed by atoms with Gasteiger partial charge in [0, 0.05) is 25.8 Å². The molecule has 0 spiro atoms. The minimum Gasteiger partial charge on any atom is -0.374 e. The summed E-state index contributed by atoms with van der Waals surface area (Å²) in [6, 6.07) is 3.61. The van der Waals surface area contributed by atoms with Gasteiger partial charge in [0.05, 0.1) is 4.92 Å². The predicted molar refractivity (Wildman–Crippen MR) is 73.0 cm³/mol. The average Bonchev–Trinajstić information content (AvgIpc) is 2.30. The van der Waals surface area contributed by atoms with Gasteiger partial charge in [0.15, 0.2) is 0 Å². The van der Waals surface area contributed by atoms with Crippen molar-refractivity contribution >= 4 is 24.2 Å². The van der Waals surface area contributed by atoms with Gasteiger partial charge in [-0.1, -0.05) is 17.7 Å². The molecule has 98 valence electrons. The van der Waals surface area contributed by atoms with Crippen LogP contribution in [0.2, 0.25) is 5.15 Å². The molecule has 0 bridgehead atoms. The molecule has 1 rings (SSSR count). The molecule has 0 aliphatic rings. The van der Waals surface area contributed by atoms with E-state index in [9.17, 15) is 10.1 Å². The second-order valence-corrected chi connectivity index (χ2v) is 4.26. The van der Waals surface area contributed by atoms with Gasteiger partial charge in [-0.2, -0.15) is 0 Å². The fourth-order valence-electron chi connectivity index (χ4n) is 1.17. The highest BCUT2D eigenvalue weighted by Crippen LogP contribution is 2.04. The fourth-order valence-corrected chi connectivity index (χ4v) is 1.49. The van der Waals surface area contributed by atoms with Gasteiger partial charge in [0.2, 0.25) is 0 Å². The molecule has 2 N–H and O–H groups in total. The first kappa shape index (κ1) is 14.7. The lowest BCUT2D eigenvalue weighted by atomic mass is 10.3. The predicted octanol–water partition coefficient (Wildman–Crippen LogP) is 1.42. The molecule has 0 amide bonds. The Morgan fingerprint density at radius 1 is 1.56 bits per heavy atom. The normalized spacial score (nSPS) is 11.3. The summed E-state index contributed by atoms with van der Waals surface area (Å²) in [7, 11) is 0.